The maximum absolute atomic E-state index is 13.4. The van der Waals surface area contributed by atoms with Crippen LogP contribution in [0.2, 0.25) is 0 Å². The van der Waals surface area contributed by atoms with E-state index in [0.717, 1.165) is 16.7 Å². The summed E-state index contributed by atoms with van der Waals surface area (Å²) in [5.41, 5.74) is 8.29. The summed E-state index contributed by atoms with van der Waals surface area (Å²) >= 11 is 0. The molecule has 2 aromatic carbocycles. The lowest BCUT2D eigenvalue weighted by Gasteiger charge is -2.27. The fourth-order valence-electron chi connectivity index (χ4n) is 3.44. The fourth-order valence-corrected chi connectivity index (χ4v) is 4.98. The standard InChI is InChI=1S/C24H28N2O4S/c1-17-10-12-19(13-11-17)31(28,29)26-15-14-20(18-8-6-5-7-9-18)23(26)21(25)16-22(27)30-24(2,3)4/h5-14,16,23H,15,25H2,1-4H3/b21-16-. The molecular weight excluding hydrogens is 412 g/mol. The molecule has 0 saturated heterocycles. The van der Waals surface area contributed by atoms with Gasteiger partial charge < -0.3 is 10.5 Å². The molecular formula is C24H28N2O4S. The molecule has 1 aliphatic heterocycles. The highest BCUT2D eigenvalue weighted by molar-refractivity contribution is 7.89. The Balaban J connectivity index is 2.03. The molecule has 0 aromatic heterocycles. The van der Waals surface area contributed by atoms with Gasteiger partial charge in [0.05, 0.1) is 10.9 Å². The predicted molar refractivity (Wildman–Crippen MR) is 121 cm³/mol. The fraction of sp³-hybridized carbons (Fsp3) is 0.292. The quantitative estimate of drug-likeness (QED) is 0.566. The Kier molecular flexibility index (Phi) is 6.38. The molecule has 0 fully saturated rings. The van der Waals surface area contributed by atoms with Crippen molar-refractivity contribution in [3.05, 3.63) is 83.6 Å². The number of benzene rings is 2. The Morgan fingerprint density at radius 3 is 2.29 bits per heavy atom. The second-order valence-corrected chi connectivity index (χ2v) is 10.4. The topological polar surface area (TPSA) is 89.7 Å². The number of esters is 1. The molecule has 164 valence electrons. The number of carbonyl (C=O) groups excluding carboxylic acids is 1. The van der Waals surface area contributed by atoms with E-state index in [4.69, 9.17) is 10.5 Å². The third-order valence-electron chi connectivity index (χ3n) is 4.82. The largest absolute Gasteiger partial charge is 0.457 e. The minimum atomic E-state index is -3.85. The highest BCUT2D eigenvalue weighted by Gasteiger charge is 2.39. The van der Waals surface area contributed by atoms with E-state index in [1.807, 2.05) is 43.3 Å². The van der Waals surface area contributed by atoms with E-state index in [2.05, 4.69) is 0 Å². The van der Waals surface area contributed by atoms with Gasteiger partial charge in [-0.15, -0.1) is 0 Å². The van der Waals surface area contributed by atoms with Crippen molar-refractivity contribution in [1.82, 2.24) is 4.31 Å². The van der Waals surface area contributed by atoms with Crippen molar-refractivity contribution in [2.24, 2.45) is 5.73 Å². The first kappa shape index (κ1) is 22.8. The van der Waals surface area contributed by atoms with E-state index >= 15 is 0 Å². The highest BCUT2D eigenvalue weighted by Crippen LogP contribution is 2.35. The Labute approximate surface area is 184 Å². The molecule has 1 unspecified atom stereocenters. The Hall–Kier alpha value is -2.90. The van der Waals surface area contributed by atoms with Gasteiger partial charge in [-0.25, -0.2) is 13.2 Å². The summed E-state index contributed by atoms with van der Waals surface area (Å²) in [5, 5.41) is 0. The van der Waals surface area contributed by atoms with Gasteiger partial charge in [0.1, 0.15) is 5.60 Å². The lowest BCUT2D eigenvalue weighted by Crippen LogP contribution is -2.40. The smallest absolute Gasteiger partial charge is 0.333 e. The van der Waals surface area contributed by atoms with Crippen LogP contribution in [0.5, 0.6) is 0 Å². The lowest BCUT2D eigenvalue weighted by atomic mass is 9.98. The zero-order valence-corrected chi connectivity index (χ0v) is 19.0. The van der Waals surface area contributed by atoms with E-state index in [9.17, 15) is 13.2 Å². The SMILES string of the molecule is Cc1ccc(S(=O)(=O)N2CC=C(c3ccccc3)C2/C(N)=C/C(=O)OC(C)(C)C)cc1. The molecule has 0 amide bonds. The van der Waals surface area contributed by atoms with Crippen LogP contribution in [0.4, 0.5) is 0 Å². The van der Waals surface area contributed by atoms with Gasteiger partial charge in [-0.1, -0.05) is 54.1 Å². The molecule has 6 nitrogen and oxygen atoms in total. The minimum Gasteiger partial charge on any atom is -0.457 e. The van der Waals surface area contributed by atoms with Crippen LogP contribution in [-0.4, -0.2) is 36.9 Å². The van der Waals surface area contributed by atoms with E-state index in [1.165, 1.54) is 10.4 Å². The van der Waals surface area contributed by atoms with E-state index in [-0.39, 0.29) is 17.1 Å². The van der Waals surface area contributed by atoms with Crippen LogP contribution >= 0.6 is 0 Å². The summed E-state index contributed by atoms with van der Waals surface area (Å²) in [6.07, 6.45) is 3.01. The Bertz CT molecular complexity index is 1110. The lowest BCUT2D eigenvalue weighted by molar-refractivity contribution is -0.148. The number of aryl methyl sites for hydroxylation is 1. The summed E-state index contributed by atoms with van der Waals surface area (Å²) in [5.74, 6) is -0.614. The van der Waals surface area contributed by atoms with Crippen molar-refractivity contribution in [3.63, 3.8) is 0 Å². The van der Waals surface area contributed by atoms with E-state index in [1.54, 1.807) is 45.0 Å². The number of hydrogen-bond acceptors (Lipinski definition) is 5. The zero-order chi connectivity index (χ0) is 22.8. The van der Waals surface area contributed by atoms with Crippen molar-refractivity contribution in [1.29, 1.82) is 0 Å². The molecule has 0 spiro atoms. The van der Waals surface area contributed by atoms with Gasteiger partial charge in [0, 0.05) is 18.3 Å². The third kappa shape index (κ3) is 5.24. The van der Waals surface area contributed by atoms with Gasteiger partial charge >= 0.3 is 5.97 Å². The summed E-state index contributed by atoms with van der Waals surface area (Å²) in [6.45, 7) is 7.31. The number of ether oxygens (including phenoxy) is 1. The molecule has 2 N–H and O–H groups in total. The average Bonchev–Trinajstić information content (AvgIpc) is 3.13. The molecule has 1 heterocycles. The molecule has 0 radical (unpaired) electrons. The molecule has 2 aromatic rings. The van der Waals surface area contributed by atoms with E-state index < -0.39 is 27.6 Å². The molecule has 1 aliphatic rings. The zero-order valence-electron chi connectivity index (χ0n) is 18.2. The molecule has 0 bridgehead atoms. The van der Waals surface area contributed by atoms with Crippen molar-refractivity contribution in [2.45, 2.75) is 44.2 Å². The van der Waals surface area contributed by atoms with Gasteiger partial charge in [0.2, 0.25) is 10.0 Å². The van der Waals surface area contributed by atoms with Crippen LogP contribution < -0.4 is 5.73 Å². The first-order chi connectivity index (χ1) is 14.5. The van der Waals surface area contributed by atoms with Gasteiger partial charge in [-0.2, -0.15) is 4.31 Å². The number of carbonyl (C=O) groups is 1. The van der Waals surface area contributed by atoms with E-state index in [0.29, 0.717) is 0 Å². The molecule has 31 heavy (non-hydrogen) atoms. The van der Waals surface area contributed by atoms with Gasteiger partial charge in [0.25, 0.3) is 0 Å². The highest BCUT2D eigenvalue weighted by atomic mass is 32.2. The first-order valence-corrected chi connectivity index (χ1v) is 11.5. The minimum absolute atomic E-state index is 0.109. The van der Waals surface area contributed by atoms with Gasteiger partial charge in [-0.3, -0.25) is 0 Å². The van der Waals surface area contributed by atoms with Crippen molar-refractivity contribution in [3.8, 4) is 0 Å². The molecule has 7 heteroatoms. The predicted octanol–water partition coefficient (Wildman–Crippen LogP) is 3.64. The normalized spacial score (nSPS) is 18.0. The monoisotopic (exact) mass is 440 g/mol. The van der Waals surface area contributed by atoms with Gasteiger partial charge in [0.15, 0.2) is 0 Å². The summed E-state index contributed by atoms with van der Waals surface area (Å²) in [4.78, 5) is 12.5. The van der Waals surface area contributed by atoms with Gasteiger partial charge in [-0.05, 0) is 51.0 Å². The number of hydrogen-bond donors (Lipinski definition) is 1. The molecule has 0 saturated carbocycles. The second-order valence-electron chi connectivity index (χ2n) is 8.49. The second kappa shape index (κ2) is 8.69. The van der Waals surface area contributed by atoms with Crippen molar-refractivity contribution < 1.29 is 17.9 Å². The van der Waals surface area contributed by atoms with Crippen LogP contribution in [0.25, 0.3) is 5.57 Å². The number of nitrogens with zero attached hydrogens (tertiary/aromatic N) is 1. The van der Waals surface area contributed by atoms with Crippen LogP contribution in [-0.2, 0) is 19.6 Å². The number of sulfonamides is 1. The molecule has 0 aliphatic carbocycles. The Morgan fingerprint density at radius 1 is 1.10 bits per heavy atom. The maximum Gasteiger partial charge on any atom is 0.333 e. The maximum atomic E-state index is 13.4. The van der Waals surface area contributed by atoms with Crippen LogP contribution in [0.15, 0.2) is 77.3 Å². The van der Waals surface area contributed by atoms with Crippen molar-refractivity contribution in [2.75, 3.05) is 6.54 Å². The molecule has 1 atom stereocenters. The van der Waals surface area contributed by atoms with Crippen LogP contribution in [0, 0.1) is 6.92 Å². The third-order valence-corrected chi connectivity index (χ3v) is 6.66. The van der Waals surface area contributed by atoms with Crippen LogP contribution in [0.1, 0.15) is 31.9 Å². The Morgan fingerprint density at radius 2 is 1.71 bits per heavy atom. The summed E-state index contributed by atoms with van der Waals surface area (Å²) < 4.78 is 33.6. The number of rotatable bonds is 5. The number of nitrogens with two attached hydrogens (primary N) is 1. The average molecular weight is 441 g/mol. The summed E-state index contributed by atoms with van der Waals surface area (Å²) in [7, 11) is -3.85. The molecule has 3 rings (SSSR count). The summed E-state index contributed by atoms with van der Waals surface area (Å²) in [6, 6.07) is 15.3. The van der Waals surface area contributed by atoms with Crippen molar-refractivity contribution >= 4 is 21.6 Å². The first-order valence-electron chi connectivity index (χ1n) is 10.0. The van der Waals surface area contributed by atoms with Crippen LogP contribution in [0.3, 0.4) is 0 Å².